The molecule has 4 saturated carbocycles. The van der Waals surface area contributed by atoms with Gasteiger partial charge in [-0.25, -0.2) is 0 Å². The van der Waals surface area contributed by atoms with Crippen molar-refractivity contribution in [3.8, 4) is 0 Å². The normalized spacial score (nSPS) is 34.0. The van der Waals surface area contributed by atoms with Crippen LogP contribution in [0.3, 0.4) is 0 Å². The summed E-state index contributed by atoms with van der Waals surface area (Å²) in [5.41, 5.74) is 5.38. The Hall–Kier alpha value is -2.38. The van der Waals surface area contributed by atoms with Gasteiger partial charge in [-0.1, -0.05) is 163 Å². The molecule has 0 N–H and O–H groups in total. The Labute approximate surface area is 287 Å². The Morgan fingerprint density at radius 3 is 1.38 bits per heavy atom. The lowest BCUT2D eigenvalue weighted by Gasteiger charge is -2.49. The van der Waals surface area contributed by atoms with E-state index in [0.717, 1.165) is 58.4 Å². The quantitative estimate of drug-likeness (QED) is 0.168. The molecule has 4 aromatic rings. The van der Waals surface area contributed by atoms with E-state index in [1.807, 2.05) is 0 Å². The summed E-state index contributed by atoms with van der Waals surface area (Å²) in [5, 5.41) is 5.96. The molecule has 0 bridgehead atoms. The van der Waals surface area contributed by atoms with Gasteiger partial charge >= 0.3 is 0 Å². The molecule has 0 amide bonds. The highest BCUT2D eigenvalue weighted by molar-refractivity contribution is 6.80. The molecular weight excluding hydrogens is 581 g/mol. The highest BCUT2D eigenvalue weighted by Gasteiger charge is 2.60. The fourth-order valence-electron chi connectivity index (χ4n) is 13.7. The van der Waals surface area contributed by atoms with Gasteiger partial charge in [-0.05, 0) is 117 Å². The fourth-order valence-corrected chi connectivity index (χ4v) is 20.2. The van der Waals surface area contributed by atoms with E-state index in [4.69, 9.17) is 0 Å². The predicted octanol–water partition coefficient (Wildman–Crippen LogP) is 13.8. The lowest BCUT2D eigenvalue weighted by Crippen LogP contribution is -2.47. The highest BCUT2D eigenvalue weighted by Crippen LogP contribution is 2.68. The van der Waals surface area contributed by atoms with Crippen LogP contribution in [0.25, 0.3) is 21.5 Å². The summed E-state index contributed by atoms with van der Waals surface area (Å²) < 4.78 is 0. The first-order valence-electron chi connectivity index (χ1n) is 20.0. The zero-order valence-electron chi connectivity index (χ0n) is 29.8. The smallest absolute Gasteiger partial charge is 0.0547 e. The summed E-state index contributed by atoms with van der Waals surface area (Å²) >= 11 is 0. The topological polar surface area (TPSA) is 0 Å². The summed E-state index contributed by atoms with van der Waals surface area (Å²) in [6, 6.07) is 33.0. The average Bonchev–Trinajstić information content (AvgIpc) is 3.67. The lowest BCUT2D eigenvalue weighted by molar-refractivity contribution is 0.227. The second kappa shape index (κ2) is 13.1. The van der Waals surface area contributed by atoms with E-state index in [0.29, 0.717) is 0 Å². The molecule has 4 aliphatic carbocycles. The molecule has 4 aliphatic rings. The van der Waals surface area contributed by atoms with Gasteiger partial charge in [0, 0.05) is 0 Å². The monoisotopic (exact) mass is 640 g/mol. The summed E-state index contributed by atoms with van der Waals surface area (Å²) in [6.07, 6.45) is 17.4. The van der Waals surface area contributed by atoms with Gasteiger partial charge in [0.1, 0.15) is 0 Å². The average molecular weight is 641 g/mol. The van der Waals surface area contributed by atoms with Gasteiger partial charge < -0.3 is 0 Å². The SMILES string of the molecule is CCCC1CC2C(c3cccc4ccccc34)CCCC2C1[Si](C)(C)C1C(CCC)CC2C(c3cccc4ccccc34)CCCC21. The first-order chi connectivity index (χ1) is 23.0. The van der Waals surface area contributed by atoms with Gasteiger partial charge in [-0.3, -0.25) is 0 Å². The zero-order valence-corrected chi connectivity index (χ0v) is 30.8. The molecule has 10 unspecified atom stereocenters. The van der Waals surface area contributed by atoms with Gasteiger partial charge in [0.05, 0.1) is 8.07 Å². The van der Waals surface area contributed by atoms with Crippen molar-refractivity contribution in [3.63, 3.8) is 0 Å². The molecule has 47 heavy (non-hydrogen) atoms. The Morgan fingerprint density at radius 1 is 0.511 bits per heavy atom. The fraction of sp³-hybridized carbons (Fsp3) is 0.565. The van der Waals surface area contributed by atoms with Crippen molar-refractivity contribution >= 4 is 29.6 Å². The van der Waals surface area contributed by atoms with Crippen LogP contribution in [0.15, 0.2) is 84.9 Å². The molecule has 8 rings (SSSR count). The Morgan fingerprint density at radius 2 is 0.936 bits per heavy atom. The van der Waals surface area contributed by atoms with E-state index < -0.39 is 8.07 Å². The molecule has 10 atom stereocenters. The summed E-state index contributed by atoms with van der Waals surface area (Å²) in [4.78, 5) is 0. The molecule has 4 fully saturated rings. The maximum atomic E-state index is 2.96. The maximum Gasteiger partial charge on any atom is 0.0547 e. The second-order valence-electron chi connectivity index (χ2n) is 17.3. The van der Waals surface area contributed by atoms with Gasteiger partial charge in [0.15, 0.2) is 0 Å². The van der Waals surface area contributed by atoms with Crippen LogP contribution in [0.1, 0.15) is 114 Å². The first-order valence-corrected chi connectivity index (χ1v) is 23.1. The van der Waals surface area contributed by atoms with Gasteiger partial charge in [-0.15, -0.1) is 0 Å². The third-order valence-electron chi connectivity index (χ3n) is 14.8. The van der Waals surface area contributed by atoms with Gasteiger partial charge in [-0.2, -0.15) is 0 Å². The van der Waals surface area contributed by atoms with Gasteiger partial charge in [0.25, 0.3) is 0 Å². The van der Waals surface area contributed by atoms with Crippen molar-refractivity contribution in [1.29, 1.82) is 0 Å². The molecular formula is C46H60Si. The third kappa shape index (κ3) is 5.46. The molecule has 0 saturated heterocycles. The van der Waals surface area contributed by atoms with Crippen LogP contribution in [-0.2, 0) is 0 Å². The second-order valence-corrected chi connectivity index (χ2v) is 22.3. The number of benzene rings is 4. The zero-order chi connectivity index (χ0) is 32.1. The maximum absolute atomic E-state index is 2.96. The van der Waals surface area contributed by atoms with E-state index in [1.54, 1.807) is 11.1 Å². The summed E-state index contributed by atoms with van der Waals surface area (Å²) in [5.74, 6) is 7.08. The summed E-state index contributed by atoms with van der Waals surface area (Å²) in [6.45, 7) is 10.9. The van der Waals surface area contributed by atoms with Crippen LogP contribution >= 0.6 is 0 Å². The molecule has 248 valence electrons. The molecule has 0 nitrogen and oxygen atoms in total. The van der Waals surface area contributed by atoms with Crippen LogP contribution in [0.4, 0.5) is 0 Å². The molecule has 0 aliphatic heterocycles. The van der Waals surface area contributed by atoms with E-state index >= 15 is 0 Å². The number of rotatable bonds is 8. The highest BCUT2D eigenvalue weighted by atomic mass is 28.3. The van der Waals surface area contributed by atoms with Crippen LogP contribution in [-0.4, -0.2) is 8.07 Å². The van der Waals surface area contributed by atoms with Crippen molar-refractivity contribution in [2.24, 2.45) is 35.5 Å². The minimum absolute atomic E-state index is 0.752. The number of hydrogen-bond donors (Lipinski definition) is 0. The van der Waals surface area contributed by atoms with E-state index in [-0.39, 0.29) is 0 Å². The largest absolute Gasteiger partial charge is 0.0689 e. The summed E-state index contributed by atoms with van der Waals surface area (Å²) in [7, 11) is -1.62. The first kappa shape index (κ1) is 31.9. The van der Waals surface area contributed by atoms with Gasteiger partial charge in [0.2, 0.25) is 0 Å². The van der Waals surface area contributed by atoms with E-state index in [2.05, 4.69) is 112 Å². The molecule has 0 radical (unpaired) electrons. The Balaban J connectivity index is 1.15. The molecule has 1 heteroatoms. The minimum Gasteiger partial charge on any atom is -0.0689 e. The van der Waals surface area contributed by atoms with Crippen molar-refractivity contribution in [2.75, 3.05) is 0 Å². The van der Waals surface area contributed by atoms with Crippen LogP contribution in [0, 0.1) is 35.5 Å². The number of fused-ring (bicyclic) bond motifs is 4. The van der Waals surface area contributed by atoms with Crippen molar-refractivity contribution in [1.82, 2.24) is 0 Å². The Bertz CT molecular complexity index is 1550. The molecule has 4 aromatic carbocycles. The lowest BCUT2D eigenvalue weighted by atomic mass is 9.70. The van der Waals surface area contributed by atoms with Crippen molar-refractivity contribution in [2.45, 2.75) is 127 Å². The predicted molar refractivity (Wildman–Crippen MR) is 206 cm³/mol. The standard InChI is InChI=1S/C46H60Si/c1-5-15-33-29-43-39(37-23-11-19-31-17-7-9-21-35(31)37)25-13-27-41(43)45(33)47(3,4)46-34(16-6-2)30-44-40(26-14-28-42(44)46)38-24-12-20-32-18-8-10-22-36(32)38/h7-12,17-24,33-34,39-46H,5-6,13-16,25-30H2,1-4H3. The van der Waals surface area contributed by atoms with Crippen LogP contribution < -0.4 is 0 Å². The van der Waals surface area contributed by atoms with Crippen molar-refractivity contribution < 1.29 is 0 Å². The van der Waals surface area contributed by atoms with Crippen LogP contribution in [0.2, 0.25) is 24.2 Å². The van der Waals surface area contributed by atoms with E-state index in [1.165, 1.54) is 98.6 Å². The molecule has 0 spiro atoms. The molecule has 0 heterocycles. The Kier molecular flexibility index (Phi) is 8.91. The van der Waals surface area contributed by atoms with Crippen LogP contribution in [0.5, 0.6) is 0 Å². The molecule has 0 aromatic heterocycles. The van der Waals surface area contributed by atoms with Crippen molar-refractivity contribution in [3.05, 3.63) is 96.1 Å². The number of hydrogen-bond acceptors (Lipinski definition) is 0. The van der Waals surface area contributed by atoms with E-state index in [9.17, 15) is 0 Å². The third-order valence-corrected chi connectivity index (χ3v) is 20.0. The minimum atomic E-state index is -1.62.